The van der Waals surface area contributed by atoms with Crippen molar-refractivity contribution in [3.05, 3.63) is 58.7 Å². The lowest BCUT2D eigenvalue weighted by atomic mass is 10.0. The number of fused-ring (bicyclic) bond motifs is 1. The predicted molar refractivity (Wildman–Crippen MR) is 88.2 cm³/mol. The van der Waals surface area contributed by atoms with Crippen LogP contribution in [0.1, 0.15) is 31.8 Å². The number of anilines is 1. The van der Waals surface area contributed by atoms with Crippen molar-refractivity contribution in [3.8, 4) is 5.75 Å². The fraction of sp³-hybridized carbons (Fsp3) is 0.222. The Morgan fingerprint density at radius 3 is 2.74 bits per heavy atom. The van der Waals surface area contributed by atoms with Crippen LogP contribution >= 0.6 is 0 Å². The van der Waals surface area contributed by atoms with Gasteiger partial charge in [-0.05, 0) is 48.4 Å². The number of amides is 2. The Kier molecular flexibility index (Phi) is 4.02. The van der Waals surface area contributed by atoms with Crippen molar-refractivity contribution in [2.75, 3.05) is 19.0 Å². The number of carbonyl (C=O) groups is 2. The molecule has 0 spiro atoms. The Morgan fingerprint density at radius 2 is 1.96 bits per heavy atom. The van der Waals surface area contributed by atoms with E-state index in [1.807, 2.05) is 19.1 Å². The van der Waals surface area contributed by atoms with Gasteiger partial charge in [0.25, 0.3) is 11.8 Å². The molecule has 0 atom stereocenters. The number of carbonyl (C=O) groups excluding carboxylic acids is 2. The first-order valence-electron chi connectivity index (χ1n) is 7.49. The highest BCUT2D eigenvalue weighted by atomic mass is 16.5. The van der Waals surface area contributed by atoms with Crippen molar-refractivity contribution >= 4 is 17.5 Å². The Labute approximate surface area is 134 Å². The van der Waals surface area contributed by atoms with Gasteiger partial charge in [0.05, 0.1) is 6.61 Å². The Bertz CT molecular complexity index is 784. The van der Waals surface area contributed by atoms with Crippen LogP contribution in [0.2, 0.25) is 0 Å². The number of hydrogen-bond donors (Lipinski definition) is 2. The first-order chi connectivity index (χ1) is 11.1. The summed E-state index contributed by atoms with van der Waals surface area (Å²) in [7, 11) is 1.58. The standard InChI is InChI=1S/C18H18N2O3/c1-11-14(18(22)19-2)4-3-5-15(11)20-17(21)13-6-7-16-12(10-13)8-9-23-16/h3-7,10H,8-9H2,1-2H3,(H,19,22)(H,20,21). The summed E-state index contributed by atoms with van der Waals surface area (Å²) in [6, 6.07) is 10.7. The third-order valence-electron chi connectivity index (χ3n) is 4.01. The molecule has 5 heteroatoms. The highest BCUT2D eigenvalue weighted by Crippen LogP contribution is 2.26. The SMILES string of the molecule is CNC(=O)c1cccc(NC(=O)c2ccc3c(c2)CCO3)c1C. The average Bonchev–Trinajstić information content (AvgIpc) is 3.03. The molecule has 0 saturated carbocycles. The second kappa shape index (κ2) is 6.12. The molecular weight excluding hydrogens is 292 g/mol. The maximum absolute atomic E-state index is 12.5. The minimum Gasteiger partial charge on any atom is -0.493 e. The number of hydrogen-bond acceptors (Lipinski definition) is 3. The molecule has 2 aromatic carbocycles. The van der Waals surface area contributed by atoms with E-state index >= 15 is 0 Å². The van der Waals surface area contributed by atoms with Crippen molar-refractivity contribution in [2.24, 2.45) is 0 Å². The van der Waals surface area contributed by atoms with Gasteiger partial charge in [0, 0.05) is 30.3 Å². The van der Waals surface area contributed by atoms with E-state index in [0.29, 0.717) is 23.4 Å². The van der Waals surface area contributed by atoms with E-state index in [-0.39, 0.29) is 11.8 Å². The summed E-state index contributed by atoms with van der Waals surface area (Å²) < 4.78 is 5.45. The molecule has 23 heavy (non-hydrogen) atoms. The summed E-state index contributed by atoms with van der Waals surface area (Å²) in [5.41, 5.74) is 3.55. The molecule has 0 fully saturated rings. The van der Waals surface area contributed by atoms with Crippen LogP contribution in [0, 0.1) is 6.92 Å². The molecule has 2 N–H and O–H groups in total. The van der Waals surface area contributed by atoms with Crippen LogP contribution in [0.15, 0.2) is 36.4 Å². The van der Waals surface area contributed by atoms with Crippen molar-refractivity contribution in [3.63, 3.8) is 0 Å². The number of nitrogens with one attached hydrogen (secondary N) is 2. The lowest BCUT2D eigenvalue weighted by Crippen LogP contribution is -2.20. The third kappa shape index (κ3) is 2.90. The normalized spacial score (nSPS) is 12.3. The first-order valence-corrected chi connectivity index (χ1v) is 7.49. The second-order valence-electron chi connectivity index (χ2n) is 5.43. The van der Waals surface area contributed by atoms with E-state index < -0.39 is 0 Å². The van der Waals surface area contributed by atoms with Crippen molar-refractivity contribution in [1.29, 1.82) is 0 Å². The number of benzene rings is 2. The quantitative estimate of drug-likeness (QED) is 0.915. The average molecular weight is 310 g/mol. The summed E-state index contributed by atoms with van der Waals surface area (Å²) in [6.45, 7) is 2.48. The van der Waals surface area contributed by atoms with Gasteiger partial charge in [0.2, 0.25) is 0 Å². The van der Waals surface area contributed by atoms with Gasteiger partial charge in [-0.15, -0.1) is 0 Å². The largest absolute Gasteiger partial charge is 0.493 e. The summed E-state index contributed by atoms with van der Waals surface area (Å²) in [5.74, 6) is 0.476. The van der Waals surface area contributed by atoms with E-state index in [9.17, 15) is 9.59 Å². The van der Waals surface area contributed by atoms with Crippen LogP contribution in [0.25, 0.3) is 0 Å². The molecule has 2 amide bonds. The van der Waals surface area contributed by atoms with Crippen LogP contribution in [-0.4, -0.2) is 25.5 Å². The molecule has 0 aliphatic carbocycles. The van der Waals surface area contributed by atoms with Crippen LogP contribution in [0.3, 0.4) is 0 Å². The van der Waals surface area contributed by atoms with Crippen molar-refractivity contribution in [2.45, 2.75) is 13.3 Å². The lowest BCUT2D eigenvalue weighted by molar-refractivity contribution is 0.0960. The molecule has 0 saturated heterocycles. The molecule has 1 aliphatic rings. The van der Waals surface area contributed by atoms with Gasteiger partial charge in [-0.1, -0.05) is 6.07 Å². The Balaban J connectivity index is 1.84. The first kappa shape index (κ1) is 15.1. The van der Waals surface area contributed by atoms with E-state index in [1.54, 1.807) is 31.3 Å². The number of ether oxygens (including phenoxy) is 1. The van der Waals surface area contributed by atoms with Crippen LogP contribution in [0.4, 0.5) is 5.69 Å². The molecule has 2 aromatic rings. The molecule has 0 bridgehead atoms. The van der Waals surface area contributed by atoms with Gasteiger partial charge < -0.3 is 15.4 Å². The Hall–Kier alpha value is -2.82. The molecule has 3 rings (SSSR count). The Morgan fingerprint density at radius 1 is 1.13 bits per heavy atom. The molecule has 118 valence electrons. The second-order valence-corrected chi connectivity index (χ2v) is 5.43. The lowest BCUT2D eigenvalue weighted by Gasteiger charge is -2.12. The van der Waals surface area contributed by atoms with E-state index in [4.69, 9.17) is 4.74 Å². The zero-order chi connectivity index (χ0) is 16.4. The zero-order valence-electron chi connectivity index (χ0n) is 13.1. The van der Waals surface area contributed by atoms with E-state index in [0.717, 1.165) is 23.3 Å². The van der Waals surface area contributed by atoms with E-state index in [1.165, 1.54) is 0 Å². The minimum atomic E-state index is -0.197. The highest BCUT2D eigenvalue weighted by molar-refractivity contribution is 6.06. The van der Waals surface area contributed by atoms with Crippen molar-refractivity contribution < 1.29 is 14.3 Å². The van der Waals surface area contributed by atoms with Gasteiger partial charge >= 0.3 is 0 Å². The molecule has 5 nitrogen and oxygen atoms in total. The van der Waals surface area contributed by atoms with E-state index in [2.05, 4.69) is 10.6 Å². The molecule has 1 aliphatic heterocycles. The summed E-state index contributed by atoms with van der Waals surface area (Å²) >= 11 is 0. The summed E-state index contributed by atoms with van der Waals surface area (Å²) in [6.07, 6.45) is 0.821. The molecule has 1 heterocycles. The zero-order valence-corrected chi connectivity index (χ0v) is 13.1. The highest BCUT2D eigenvalue weighted by Gasteiger charge is 2.16. The van der Waals surface area contributed by atoms with Crippen LogP contribution in [-0.2, 0) is 6.42 Å². The number of rotatable bonds is 3. The fourth-order valence-corrected chi connectivity index (χ4v) is 2.67. The third-order valence-corrected chi connectivity index (χ3v) is 4.01. The predicted octanol–water partition coefficient (Wildman–Crippen LogP) is 2.54. The summed E-state index contributed by atoms with van der Waals surface area (Å²) in [5, 5.41) is 5.47. The van der Waals surface area contributed by atoms with Gasteiger partial charge in [-0.3, -0.25) is 9.59 Å². The van der Waals surface area contributed by atoms with Crippen LogP contribution < -0.4 is 15.4 Å². The smallest absolute Gasteiger partial charge is 0.255 e. The maximum atomic E-state index is 12.5. The summed E-state index contributed by atoms with van der Waals surface area (Å²) in [4.78, 5) is 24.3. The minimum absolute atomic E-state index is 0.173. The van der Waals surface area contributed by atoms with Crippen LogP contribution in [0.5, 0.6) is 5.75 Å². The van der Waals surface area contributed by atoms with Crippen molar-refractivity contribution in [1.82, 2.24) is 5.32 Å². The molecule has 0 unspecified atom stereocenters. The molecule has 0 radical (unpaired) electrons. The van der Waals surface area contributed by atoms with Gasteiger partial charge in [0.15, 0.2) is 0 Å². The van der Waals surface area contributed by atoms with Gasteiger partial charge in [0.1, 0.15) is 5.75 Å². The molecule has 0 aromatic heterocycles. The monoisotopic (exact) mass is 310 g/mol. The maximum Gasteiger partial charge on any atom is 0.255 e. The van der Waals surface area contributed by atoms with Gasteiger partial charge in [-0.2, -0.15) is 0 Å². The van der Waals surface area contributed by atoms with Gasteiger partial charge in [-0.25, -0.2) is 0 Å². The molecular formula is C18H18N2O3. The fourth-order valence-electron chi connectivity index (χ4n) is 2.67. The topological polar surface area (TPSA) is 67.4 Å².